The largest absolute Gasteiger partial charge is 0.496 e. The maximum atomic E-state index is 12.9. The predicted octanol–water partition coefficient (Wildman–Crippen LogP) is 2.63. The highest BCUT2D eigenvalue weighted by molar-refractivity contribution is 7.89. The minimum Gasteiger partial charge on any atom is -0.496 e. The number of carbonyl (C=O) groups is 1. The lowest BCUT2D eigenvalue weighted by molar-refractivity contribution is 0.0730. The number of amides is 1. The van der Waals surface area contributed by atoms with E-state index in [2.05, 4.69) is 5.32 Å². The average Bonchev–Trinajstić information content (AvgIpc) is 2.74. The lowest BCUT2D eigenvalue weighted by atomic mass is 10.1. The van der Waals surface area contributed by atoms with Gasteiger partial charge in [-0.3, -0.25) is 4.79 Å². The zero-order valence-electron chi connectivity index (χ0n) is 16.0. The van der Waals surface area contributed by atoms with Crippen molar-refractivity contribution in [3.63, 3.8) is 0 Å². The maximum absolute atomic E-state index is 12.9. The standard InChI is InChI=1S/C19H21ClN2O6S/c1-26-17-6-4-14(29(24,25)22-7-9-28-10-8-22)12-15(17)19(23)21-16-11-13(20)3-5-18(16)27-2/h3-6,11-12H,7-10H2,1-2H3,(H,21,23). The van der Waals surface area contributed by atoms with Crippen molar-refractivity contribution in [1.82, 2.24) is 4.31 Å². The zero-order valence-corrected chi connectivity index (χ0v) is 17.5. The third-order valence-electron chi connectivity index (χ3n) is 4.43. The Morgan fingerprint density at radius 1 is 1.07 bits per heavy atom. The SMILES string of the molecule is COc1ccc(Cl)cc1NC(=O)c1cc(S(=O)(=O)N2CCOCC2)ccc1OC. The van der Waals surface area contributed by atoms with Crippen molar-refractivity contribution in [3.8, 4) is 11.5 Å². The summed E-state index contributed by atoms with van der Waals surface area (Å²) in [5.74, 6) is 0.102. The molecule has 8 nitrogen and oxygen atoms in total. The van der Waals surface area contributed by atoms with E-state index in [4.69, 9.17) is 25.8 Å². The molecule has 29 heavy (non-hydrogen) atoms. The van der Waals surface area contributed by atoms with Crippen LogP contribution in [0.15, 0.2) is 41.3 Å². The molecule has 1 saturated heterocycles. The summed E-state index contributed by atoms with van der Waals surface area (Å²) >= 11 is 6.01. The highest BCUT2D eigenvalue weighted by Gasteiger charge is 2.28. The lowest BCUT2D eigenvalue weighted by Gasteiger charge is -2.26. The predicted molar refractivity (Wildman–Crippen MR) is 109 cm³/mol. The van der Waals surface area contributed by atoms with Gasteiger partial charge in [0.1, 0.15) is 11.5 Å². The molecule has 1 amide bonds. The van der Waals surface area contributed by atoms with Crippen molar-refractivity contribution in [2.45, 2.75) is 4.90 Å². The van der Waals surface area contributed by atoms with E-state index in [1.165, 1.54) is 36.7 Å². The summed E-state index contributed by atoms with van der Waals surface area (Å²) in [6.07, 6.45) is 0. The number of halogens is 1. The van der Waals surface area contributed by atoms with Crippen molar-refractivity contribution < 1.29 is 27.4 Å². The molecule has 0 saturated carbocycles. The maximum Gasteiger partial charge on any atom is 0.259 e. The van der Waals surface area contributed by atoms with Gasteiger partial charge in [-0.05, 0) is 36.4 Å². The van der Waals surface area contributed by atoms with E-state index >= 15 is 0 Å². The van der Waals surface area contributed by atoms with Gasteiger partial charge in [-0.1, -0.05) is 11.6 Å². The summed E-state index contributed by atoms with van der Waals surface area (Å²) in [6.45, 7) is 1.18. The number of anilines is 1. The molecule has 1 heterocycles. The smallest absolute Gasteiger partial charge is 0.259 e. The van der Waals surface area contributed by atoms with Gasteiger partial charge >= 0.3 is 0 Å². The molecular formula is C19H21ClN2O6S. The van der Waals surface area contributed by atoms with E-state index in [1.54, 1.807) is 18.2 Å². The molecule has 0 radical (unpaired) electrons. The lowest BCUT2D eigenvalue weighted by Crippen LogP contribution is -2.40. The molecule has 0 aromatic heterocycles. The van der Waals surface area contributed by atoms with Crippen molar-refractivity contribution in [3.05, 3.63) is 47.0 Å². The second-order valence-corrected chi connectivity index (χ2v) is 8.55. The van der Waals surface area contributed by atoms with Crippen LogP contribution in [-0.2, 0) is 14.8 Å². The Balaban J connectivity index is 1.95. The van der Waals surface area contributed by atoms with E-state index < -0.39 is 15.9 Å². The highest BCUT2D eigenvalue weighted by atomic mass is 35.5. The topological polar surface area (TPSA) is 94.2 Å². The van der Waals surface area contributed by atoms with Crippen molar-refractivity contribution in [1.29, 1.82) is 0 Å². The Hall–Kier alpha value is -2.33. The molecule has 156 valence electrons. The van der Waals surface area contributed by atoms with Crippen LogP contribution in [0.5, 0.6) is 11.5 Å². The van der Waals surface area contributed by atoms with E-state index in [9.17, 15) is 13.2 Å². The van der Waals surface area contributed by atoms with Crippen molar-refractivity contribution >= 4 is 33.2 Å². The fourth-order valence-corrected chi connectivity index (χ4v) is 4.54. The van der Waals surface area contributed by atoms with Crippen molar-refractivity contribution in [2.24, 2.45) is 0 Å². The molecule has 0 bridgehead atoms. The Bertz CT molecular complexity index is 1010. The molecule has 3 rings (SSSR count). The number of nitrogens with one attached hydrogen (secondary N) is 1. The number of benzene rings is 2. The zero-order chi connectivity index (χ0) is 21.0. The fraction of sp³-hybridized carbons (Fsp3) is 0.316. The molecule has 2 aromatic rings. The number of methoxy groups -OCH3 is 2. The normalized spacial score (nSPS) is 15.0. The summed E-state index contributed by atoms with van der Waals surface area (Å²) in [6, 6.07) is 8.97. The Kier molecular flexibility index (Phi) is 6.63. The molecule has 0 spiro atoms. The summed E-state index contributed by atoms with van der Waals surface area (Å²) in [7, 11) is -0.891. The molecule has 2 aromatic carbocycles. The van der Waals surface area contributed by atoms with Crippen LogP contribution in [-0.4, -0.2) is 59.2 Å². The number of sulfonamides is 1. The van der Waals surface area contributed by atoms with Gasteiger partial charge in [0.05, 0.1) is 43.6 Å². The van der Waals surface area contributed by atoms with Gasteiger partial charge in [0.25, 0.3) is 5.91 Å². The van der Waals surface area contributed by atoms with Gasteiger partial charge in [-0.2, -0.15) is 4.31 Å². The first-order chi connectivity index (χ1) is 13.9. The van der Waals surface area contributed by atoms with Crippen LogP contribution in [0.25, 0.3) is 0 Å². The Morgan fingerprint density at radius 3 is 2.38 bits per heavy atom. The van der Waals surface area contributed by atoms with Gasteiger partial charge in [0.15, 0.2) is 0 Å². The third-order valence-corrected chi connectivity index (χ3v) is 6.56. The molecule has 0 aliphatic carbocycles. The van der Waals surface area contributed by atoms with Crippen LogP contribution in [0, 0.1) is 0 Å². The number of hydrogen-bond donors (Lipinski definition) is 1. The van der Waals surface area contributed by atoms with Crippen LogP contribution in [0.2, 0.25) is 5.02 Å². The third kappa shape index (κ3) is 4.64. The molecule has 1 fully saturated rings. The van der Waals surface area contributed by atoms with Crippen LogP contribution < -0.4 is 14.8 Å². The molecule has 1 aliphatic rings. The first kappa shape index (κ1) is 21.4. The monoisotopic (exact) mass is 440 g/mol. The number of ether oxygens (including phenoxy) is 3. The fourth-order valence-electron chi connectivity index (χ4n) is 2.93. The van der Waals surface area contributed by atoms with Gasteiger partial charge < -0.3 is 19.5 Å². The van der Waals surface area contributed by atoms with E-state index in [0.29, 0.717) is 29.7 Å². The molecule has 0 unspecified atom stereocenters. The van der Waals surface area contributed by atoms with Crippen LogP contribution >= 0.6 is 11.6 Å². The Morgan fingerprint density at radius 2 is 1.72 bits per heavy atom. The molecule has 1 N–H and O–H groups in total. The molecule has 0 atom stereocenters. The minimum atomic E-state index is -3.76. The highest BCUT2D eigenvalue weighted by Crippen LogP contribution is 2.30. The Labute approximate surface area is 174 Å². The second kappa shape index (κ2) is 9.00. The van der Waals surface area contributed by atoms with Crippen LogP contribution in [0.3, 0.4) is 0 Å². The molecule has 1 aliphatic heterocycles. The van der Waals surface area contributed by atoms with Gasteiger partial charge in [-0.25, -0.2) is 8.42 Å². The number of morpholine rings is 1. The minimum absolute atomic E-state index is 0.00316. The van der Waals surface area contributed by atoms with Crippen LogP contribution in [0.4, 0.5) is 5.69 Å². The first-order valence-corrected chi connectivity index (χ1v) is 10.6. The summed E-state index contributed by atoms with van der Waals surface area (Å²) in [5.41, 5.74) is 0.428. The molecule has 10 heteroatoms. The number of nitrogens with zero attached hydrogens (tertiary/aromatic N) is 1. The quantitative estimate of drug-likeness (QED) is 0.742. The van der Waals surface area contributed by atoms with E-state index in [1.807, 2.05) is 0 Å². The van der Waals surface area contributed by atoms with Crippen molar-refractivity contribution in [2.75, 3.05) is 45.8 Å². The average molecular weight is 441 g/mol. The number of hydrogen-bond acceptors (Lipinski definition) is 6. The van der Waals surface area contributed by atoms with Gasteiger partial charge in [-0.15, -0.1) is 0 Å². The van der Waals surface area contributed by atoms with Crippen LogP contribution in [0.1, 0.15) is 10.4 Å². The van der Waals surface area contributed by atoms with E-state index in [-0.39, 0.29) is 29.3 Å². The molecular weight excluding hydrogens is 420 g/mol. The summed E-state index contributed by atoms with van der Waals surface area (Å²) in [4.78, 5) is 12.9. The van der Waals surface area contributed by atoms with Gasteiger partial charge in [0.2, 0.25) is 10.0 Å². The summed E-state index contributed by atoms with van der Waals surface area (Å²) < 4.78 is 42.9. The summed E-state index contributed by atoms with van der Waals surface area (Å²) in [5, 5.41) is 3.11. The second-order valence-electron chi connectivity index (χ2n) is 6.18. The number of carbonyl (C=O) groups excluding carboxylic acids is 1. The first-order valence-electron chi connectivity index (χ1n) is 8.77. The van der Waals surface area contributed by atoms with Gasteiger partial charge in [0, 0.05) is 18.1 Å². The van der Waals surface area contributed by atoms with E-state index in [0.717, 1.165) is 0 Å². The number of rotatable bonds is 6.